The largest absolute Gasteiger partial charge is 0.390 e. The number of pyridine rings is 1. The number of benzene rings is 2. The van der Waals surface area contributed by atoms with Gasteiger partial charge in [0, 0.05) is 28.6 Å². The van der Waals surface area contributed by atoms with Crippen LogP contribution in [0.15, 0.2) is 48.9 Å². The maximum atomic E-state index is 9.12. The summed E-state index contributed by atoms with van der Waals surface area (Å²) in [7, 11) is 0. The van der Waals surface area contributed by atoms with Crippen LogP contribution in [0, 0.1) is 0 Å². The standard InChI is InChI=1S/C16H13N3O/c20-8-7-19-10-15-12-5-6-17-9-14(12)11-3-1-2-4-13(11)16(15)18-19/h1-6,9-10,20H,7-8H2/p+1. The minimum atomic E-state index is 0.120. The van der Waals surface area contributed by atoms with E-state index in [0.29, 0.717) is 6.54 Å². The molecule has 4 heteroatoms. The number of hydrogen-bond donors (Lipinski definition) is 2. The zero-order valence-corrected chi connectivity index (χ0v) is 10.9. The summed E-state index contributed by atoms with van der Waals surface area (Å²) in [4.78, 5) is 4.26. The van der Waals surface area contributed by atoms with Crippen LogP contribution in [0.4, 0.5) is 0 Å². The fourth-order valence-corrected chi connectivity index (χ4v) is 2.87. The van der Waals surface area contributed by atoms with Crippen LogP contribution >= 0.6 is 0 Å². The molecule has 0 bridgehead atoms. The summed E-state index contributed by atoms with van der Waals surface area (Å²) in [5.74, 6) is 0. The van der Waals surface area contributed by atoms with Gasteiger partial charge in [-0.25, -0.2) is 0 Å². The molecule has 0 aliphatic carbocycles. The Bertz CT molecular complexity index is 854. The third kappa shape index (κ3) is 1.52. The fourth-order valence-electron chi connectivity index (χ4n) is 2.87. The first-order valence-corrected chi connectivity index (χ1v) is 6.66. The molecular formula is C16H14N3O+. The zero-order chi connectivity index (χ0) is 13.5. The van der Waals surface area contributed by atoms with Crippen molar-refractivity contribution < 1.29 is 9.79 Å². The first-order valence-electron chi connectivity index (χ1n) is 6.66. The highest BCUT2D eigenvalue weighted by molar-refractivity contribution is 6.23. The Hall–Kier alpha value is -2.46. The minimum Gasteiger partial charge on any atom is -0.390 e. The molecule has 4 aromatic rings. The highest BCUT2D eigenvalue weighted by Crippen LogP contribution is 2.32. The number of H-pyrrole nitrogens is 1. The van der Waals surface area contributed by atoms with Gasteiger partial charge in [-0.1, -0.05) is 24.3 Å². The highest BCUT2D eigenvalue weighted by atomic mass is 16.3. The lowest BCUT2D eigenvalue weighted by Gasteiger charge is -2.03. The van der Waals surface area contributed by atoms with Gasteiger partial charge in [0.05, 0.1) is 5.39 Å². The van der Waals surface area contributed by atoms with E-state index < -0.39 is 0 Å². The third-order valence-electron chi connectivity index (χ3n) is 3.75. The van der Waals surface area contributed by atoms with Crippen molar-refractivity contribution >= 4 is 32.4 Å². The molecule has 0 saturated heterocycles. The van der Waals surface area contributed by atoms with Crippen molar-refractivity contribution in [1.29, 1.82) is 0 Å². The molecule has 2 heterocycles. The number of nitrogens with zero attached hydrogens (tertiary/aromatic N) is 2. The van der Waals surface area contributed by atoms with E-state index in [2.05, 4.69) is 28.4 Å². The van der Waals surface area contributed by atoms with Crippen LogP contribution in [0.25, 0.3) is 32.4 Å². The molecule has 4 nitrogen and oxygen atoms in total. The monoisotopic (exact) mass is 264 g/mol. The Kier molecular flexibility index (Phi) is 2.44. The zero-order valence-electron chi connectivity index (χ0n) is 10.9. The van der Waals surface area contributed by atoms with Crippen molar-refractivity contribution in [3.63, 3.8) is 0 Å². The van der Waals surface area contributed by atoms with Crippen LogP contribution in [-0.2, 0) is 6.54 Å². The van der Waals surface area contributed by atoms with Gasteiger partial charge in [-0.3, -0.25) is 4.98 Å². The van der Waals surface area contributed by atoms with Crippen LogP contribution < -0.4 is 4.68 Å². The number of aromatic amines is 1. The quantitative estimate of drug-likeness (QED) is 0.430. The molecule has 20 heavy (non-hydrogen) atoms. The van der Waals surface area contributed by atoms with Gasteiger partial charge < -0.3 is 5.11 Å². The molecule has 0 aliphatic rings. The van der Waals surface area contributed by atoms with Gasteiger partial charge in [0.15, 0.2) is 6.54 Å². The van der Waals surface area contributed by atoms with Crippen LogP contribution in [0.1, 0.15) is 0 Å². The maximum absolute atomic E-state index is 9.12. The molecule has 0 amide bonds. The number of rotatable bonds is 2. The van der Waals surface area contributed by atoms with Gasteiger partial charge in [0.1, 0.15) is 12.1 Å². The highest BCUT2D eigenvalue weighted by Gasteiger charge is 2.14. The SMILES string of the molecule is OCC[n+]1cc2c3ccncc3c3ccccc3c2[nH]1. The lowest BCUT2D eigenvalue weighted by molar-refractivity contribution is -0.748. The lowest BCUT2D eigenvalue weighted by atomic mass is 10.0. The Morgan fingerprint density at radius 1 is 1.00 bits per heavy atom. The van der Waals surface area contributed by atoms with Crippen molar-refractivity contribution in [3.8, 4) is 0 Å². The summed E-state index contributed by atoms with van der Waals surface area (Å²) < 4.78 is 1.93. The summed E-state index contributed by atoms with van der Waals surface area (Å²) in [6, 6.07) is 10.4. The second-order valence-corrected chi connectivity index (χ2v) is 4.91. The first-order chi connectivity index (χ1) is 9.88. The maximum Gasteiger partial charge on any atom is 0.204 e. The van der Waals surface area contributed by atoms with Gasteiger partial charge in [0.25, 0.3) is 0 Å². The van der Waals surface area contributed by atoms with E-state index in [1.807, 2.05) is 35.3 Å². The average molecular weight is 264 g/mol. The molecule has 4 rings (SSSR count). The Morgan fingerprint density at radius 3 is 2.65 bits per heavy atom. The van der Waals surface area contributed by atoms with E-state index in [1.165, 1.54) is 16.2 Å². The lowest BCUT2D eigenvalue weighted by Crippen LogP contribution is -2.36. The molecule has 2 N–H and O–H groups in total. The van der Waals surface area contributed by atoms with Gasteiger partial charge in [-0.2, -0.15) is 5.10 Å². The summed E-state index contributed by atoms with van der Waals surface area (Å²) in [6.45, 7) is 0.685. The molecular weight excluding hydrogens is 250 g/mol. The Balaban J connectivity index is 2.25. The van der Waals surface area contributed by atoms with E-state index >= 15 is 0 Å². The average Bonchev–Trinajstić information content (AvgIpc) is 2.92. The predicted molar refractivity (Wildman–Crippen MR) is 78.4 cm³/mol. The first kappa shape index (κ1) is 11.4. The normalized spacial score (nSPS) is 11.7. The van der Waals surface area contributed by atoms with Crippen molar-refractivity contribution in [2.45, 2.75) is 6.54 Å². The number of fused-ring (bicyclic) bond motifs is 6. The Labute approximate surface area is 115 Å². The summed E-state index contributed by atoms with van der Waals surface area (Å²) in [5.41, 5.74) is 1.10. The number of aliphatic hydroxyl groups excluding tert-OH is 1. The van der Waals surface area contributed by atoms with Crippen LogP contribution in [0.2, 0.25) is 0 Å². The fraction of sp³-hybridized carbons (Fsp3) is 0.125. The molecule has 0 saturated carbocycles. The number of aromatic nitrogens is 3. The van der Waals surface area contributed by atoms with Crippen molar-refractivity contribution in [1.82, 2.24) is 10.1 Å². The van der Waals surface area contributed by atoms with Gasteiger partial charge in [-0.05, 0) is 11.5 Å². The molecule has 0 atom stereocenters. The second kappa shape index (κ2) is 4.28. The van der Waals surface area contributed by atoms with E-state index in [0.717, 1.165) is 16.3 Å². The van der Waals surface area contributed by atoms with Crippen LogP contribution in [0.3, 0.4) is 0 Å². The molecule has 0 spiro atoms. The number of nitrogens with one attached hydrogen (secondary N) is 1. The summed E-state index contributed by atoms with van der Waals surface area (Å²) in [6.07, 6.45) is 5.79. The minimum absolute atomic E-state index is 0.120. The second-order valence-electron chi connectivity index (χ2n) is 4.91. The molecule has 98 valence electrons. The third-order valence-corrected chi connectivity index (χ3v) is 3.75. The van der Waals surface area contributed by atoms with E-state index in [9.17, 15) is 0 Å². The molecule has 0 fully saturated rings. The summed E-state index contributed by atoms with van der Waals surface area (Å²) in [5, 5.41) is 18.4. The topological polar surface area (TPSA) is 52.8 Å². The number of hydrogen-bond acceptors (Lipinski definition) is 2. The predicted octanol–water partition coefficient (Wildman–Crippen LogP) is 2.15. The van der Waals surface area contributed by atoms with Gasteiger partial charge in [-0.15, -0.1) is 4.68 Å². The smallest absolute Gasteiger partial charge is 0.204 e. The van der Waals surface area contributed by atoms with Crippen molar-refractivity contribution in [2.24, 2.45) is 0 Å². The van der Waals surface area contributed by atoms with Gasteiger partial charge in [0.2, 0.25) is 6.20 Å². The molecule has 2 aromatic carbocycles. The van der Waals surface area contributed by atoms with Crippen LogP contribution in [0.5, 0.6) is 0 Å². The molecule has 0 unspecified atom stereocenters. The number of aliphatic hydroxyl groups is 1. The van der Waals surface area contributed by atoms with E-state index in [-0.39, 0.29) is 6.61 Å². The summed E-state index contributed by atoms with van der Waals surface area (Å²) >= 11 is 0. The Morgan fingerprint density at radius 2 is 1.80 bits per heavy atom. The molecule has 0 radical (unpaired) electrons. The van der Waals surface area contributed by atoms with Gasteiger partial charge >= 0.3 is 0 Å². The molecule has 2 aromatic heterocycles. The van der Waals surface area contributed by atoms with Crippen molar-refractivity contribution in [3.05, 3.63) is 48.9 Å². The van der Waals surface area contributed by atoms with Crippen molar-refractivity contribution in [2.75, 3.05) is 6.61 Å². The molecule has 0 aliphatic heterocycles. The van der Waals surface area contributed by atoms with Crippen LogP contribution in [-0.4, -0.2) is 21.8 Å². The van der Waals surface area contributed by atoms with E-state index in [4.69, 9.17) is 5.11 Å². The van der Waals surface area contributed by atoms with E-state index in [1.54, 1.807) is 0 Å².